The molecule has 2 N–H and O–H groups in total. The molecule has 0 saturated carbocycles. The van der Waals surface area contributed by atoms with Crippen molar-refractivity contribution in [3.8, 4) is 11.5 Å². The van der Waals surface area contributed by atoms with E-state index in [-0.39, 0.29) is 32.8 Å². The van der Waals surface area contributed by atoms with Crippen molar-refractivity contribution in [1.29, 1.82) is 0 Å². The molecule has 1 fully saturated rings. The van der Waals surface area contributed by atoms with Crippen LogP contribution in [0.1, 0.15) is 12.5 Å². The number of carboxylic acids is 1. The number of para-hydroxylation sites is 1. The molecular formula is C21H16Cl2N2O7. The van der Waals surface area contributed by atoms with Gasteiger partial charge in [-0.3, -0.25) is 14.9 Å². The topological polar surface area (TPSA) is 122 Å². The van der Waals surface area contributed by atoms with E-state index in [1.807, 2.05) is 0 Å². The van der Waals surface area contributed by atoms with Crippen molar-refractivity contribution in [2.45, 2.75) is 13.0 Å². The lowest BCUT2D eigenvalue weighted by molar-refractivity contribution is -0.144. The number of nitrogens with one attached hydrogen (secondary N) is 1. The van der Waals surface area contributed by atoms with Crippen molar-refractivity contribution in [1.82, 2.24) is 5.32 Å². The Labute approximate surface area is 192 Å². The lowest BCUT2D eigenvalue weighted by Gasteiger charge is -2.26. The van der Waals surface area contributed by atoms with Crippen molar-refractivity contribution in [3.05, 3.63) is 57.6 Å². The number of urea groups is 1. The third-order valence-corrected chi connectivity index (χ3v) is 5.17. The molecule has 11 heteroatoms. The zero-order valence-electron chi connectivity index (χ0n) is 16.7. The number of hydrogen-bond donors (Lipinski definition) is 2. The predicted octanol–water partition coefficient (Wildman–Crippen LogP) is 3.52. The number of amides is 4. The number of ether oxygens (including phenoxy) is 2. The molecule has 0 aliphatic carbocycles. The Bertz CT molecular complexity index is 1160. The standard InChI is InChI=1S/C21H16Cl2N2O7/c1-10(20(28)29)32-17-11(4-3-5-16(17)31-2)8-13-18(26)24-21(30)25(19(13)27)12-6-7-14(22)15(23)9-12/h3-10H,1-2H3,(H,28,29)(H,24,26,30)/b13-8+/t10-/m0/s1. The second kappa shape index (κ2) is 9.29. The van der Waals surface area contributed by atoms with Crippen LogP contribution in [0.25, 0.3) is 6.08 Å². The maximum absolute atomic E-state index is 13.1. The van der Waals surface area contributed by atoms with Crippen molar-refractivity contribution in [2.24, 2.45) is 0 Å². The first kappa shape index (κ1) is 23.1. The molecule has 2 aromatic rings. The molecule has 1 heterocycles. The van der Waals surface area contributed by atoms with E-state index < -0.39 is 35.5 Å². The molecule has 1 aliphatic rings. The molecular weight excluding hydrogens is 463 g/mol. The van der Waals surface area contributed by atoms with Crippen LogP contribution in [0.2, 0.25) is 10.0 Å². The summed E-state index contributed by atoms with van der Waals surface area (Å²) < 4.78 is 10.7. The fourth-order valence-corrected chi connectivity index (χ4v) is 3.12. The van der Waals surface area contributed by atoms with E-state index >= 15 is 0 Å². The number of halogens is 2. The summed E-state index contributed by atoms with van der Waals surface area (Å²) in [5, 5.41) is 11.6. The van der Waals surface area contributed by atoms with Gasteiger partial charge in [0.2, 0.25) is 0 Å². The minimum Gasteiger partial charge on any atom is -0.493 e. The highest BCUT2D eigenvalue weighted by molar-refractivity contribution is 6.43. The first-order valence-corrected chi connectivity index (χ1v) is 9.82. The first-order chi connectivity index (χ1) is 15.1. The van der Waals surface area contributed by atoms with Crippen molar-refractivity contribution in [3.63, 3.8) is 0 Å². The van der Waals surface area contributed by atoms with Gasteiger partial charge in [0.1, 0.15) is 5.57 Å². The molecule has 1 aliphatic heterocycles. The van der Waals surface area contributed by atoms with Gasteiger partial charge in [-0.05, 0) is 37.3 Å². The number of anilines is 1. The molecule has 1 saturated heterocycles. The van der Waals surface area contributed by atoms with Crippen molar-refractivity contribution < 1.29 is 33.8 Å². The predicted molar refractivity (Wildman–Crippen MR) is 116 cm³/mol. The van der Waals surface area contributed by atoms with E-state index in [0.29, 0.717) is 0 Å². The lowest BCUT2D eigenvalue weighted by atomic mass is 10.1. The molecule has 4 amide bonds. The molecule has 0 spiro atoms. The number of carbonyl (C=O) groups excluding carboxylic acids is 3. The van der Waals surface area contributed by atoms with Crippen LogP contribution in [0.5, 0.6) is 11.5 Å². The molecule has 32 heavy (non-hydrogen) atoms. The van der Waals surface area contributed by atoms with Gasteiger partial charge in [-0.2, -0.15) is 0 Å². The maximum atomic E-state index is 13.1. The Kier molecular flexibility index (Phi) is 6.71. The normalized spacial score (nSPS) is 16.1. The van der Waals surface area contributed by atoms with Gasteiger partial charge in [-0.15, -0.1) is 0 Å². The van der Waals surface area contributed by atoms with Gasteiger partial charge in [0.25, 0.3) is 11.8 Å². The van der Waals surface area contributed by atoms with E-state index in [4.69, 9.17) is 32.7 Å². The summed E-state index contributed by atoms with van der Waals surface area (Å²) in [4.78, 5) is 49.9. The number of nitrogens with zero attached hydrogens (tertiary/aromatic N) is 1. The van der Waals surface area contributed by atoms with Crippen LogP contribution in [0.3, 0.4) is 0 Å². The minimum absolute atomic E-state index is 0.0102. The number of barbiturate groups is 1. The third-order valence-electron chi connectivity index (χ3n) is 4.43. The smallest absolute Gasteiger partial charge is 0.344 e. The van der Waals surface area contributed by atoms with E-state index in [2.05, 4.69) is 5.32 Å². The molecule has 0 unspecified atom stereocenters. The van der Waals surface area contributed by atoms with E-state index in [1.54, 1.807) is 6.07 Å². The van der Waals surface area contributed by atoms with Crippen LogP contribution in [-0.2, 0) is 14.4 Å². The summed E-state index contributed by atoms with van der Waals surface area (Å²) in [5.74, 6) is -2.88. The Morgan fingerprint density at radius 2 is 1.88 bits per heavy atom. The van der Waals surface area contributed by atoms with Gasteiger partial charge < -0.3 is 14.6 Å². The summed E-state index contributed by atoms with van der Waals surface area (Å²) in [6, 6.07) is 7.74. The number of hydrogen-bond acceptors (Lipinski definition) is 6. The molecule has 3 rings (SSSR count). The van der Waals surface area contributed by atoms with E-state index in [1.165, 1.54) is 50.4 Å². The van der Waals surface area contributed by atoms with E-state index in [0.717, 1.165) is 4.90 Å². The summed E-state index contributed by atoms with van der Waals surface area (Å²) in [6.07, 6.45) is -0.0604. The number of carboxylic acid groups (broad SMARTS) is 1. The summed E-state index contributed by atoms with van der Waals surface area (Å²) >= 11 is 11.9. The Hall–Kier alpha value is -3.56. The van der Waals surface area contributed by atoms with Crippen LogP contribution in [0.4, 0.5) is 10.5 Å². The number of aliphatic carboxylic acids is 1. The largest absolute Gasteiger partial charge is 0.493 e. The molecule has 0 bridgehead atoms. The highest BCUT2D eigenvalue weighted by Gasteiger charge is 2.37. The van der Waals surface area contributed by atoms with Crippen LogP contribution in [0.15, 0.2) is 42.0 Å². The fraction of sp³-hybridized carbons (Fsp3) is 0.143. The van der Waals surface area contributed by atoms with E-state index in [9.17, 15) is 24.3 Å². The summed E-state index contributed by atoms with van der Waals surface area (Å²) in [5.41, 5.74) is -0.0990. The zero-order chi connectivity index (χ0) is 23.6. The highest BCUT2D eigenvalue weighted by Crippen LogP contribution is 2.35. The van der Waals surface area contributed by atoms with Crippen LogP contribution >= 0.6 is 23.2 Å². The number of benzene rings is 2. The zero-order valence-corrected chi connectivity index (χ0v) is 18.2. The minimum atomic E-state index is -1.24. The average Bonchev–Trinajstić information content (AvgIpc) is 2.74. The van der Waals surface area contributed by atoms with Crippen LogP contribution < -0.4 is 19.7 Å². The molecule has 0 radical (unpaired) electrons. The average molecular weight is 479 g/mol. The first-order valence-electron chi connectivity index (χ1n) is 9.07. The monoisotopic (exact) mass is 478 g/mol. The maximum Gasteiger partial charge on any atom is 0.344 e. The van der Waals surface area contributed by atoms with Crippen molar-refractivity contribution in [2.75, 3.05) is 12.0 Å². The summed E-state index contributed by atoms with van der Waals surface area (Å²) in [7, 11) is 1.35. The molecule has 0 aromatic heterocycles. The molecule has 1 atom stereocenters. The van der Waals surface area contributed by atoms with Crippen LogP contribution in [-0.4, -0.2) is 42.1 Å². The second-order valence-electron chi connectivity index (χ2n) is 6.53. The van der Waals surface area contributed by atoms with Crippen LogP contribution in [0, 0.1) is 0 Å². The molecule has 166 valence electrons. The number of methoxy groups -OCH3 is 1. The van der Waals surface area contributed by atoms with Gasteiger partial charge in [-0.25, -0.2) is 14.5 Å². The number of carbonyl (C=O) groups is 4. The fourth-order valence-electron chi connectivity index (χ4n) is 2.83. The quantitative estimate of drug-likeness (QED) is 0.480. The van der Waals surface area contributed by atoms with Gasteiger partial charge in [-0.1, -0.05) is 35.3 Å². The molecule has 2 aromatic carbocycles. The summed E-state index contributed by atoms with van der Waals surface area (Å²) in [6.45, 7) is 1.31. The van der Waals surface area contributed by atoms with Crippen molar-refractivity contribution >= 4 is 58.8 Å². The number of imide groups is 2. The SMILES string of the molecule is COc1cccc(/C=C2\C(=O)NC(=O)N(c3ccc(Cl)c(Cl)c3)C2=O)c1O[C@@H](C)C(=O)O. The number of rotatable bonds is 6. The van der Waals surface area contributed by atoms with Gasteiger partial charge >= 0.3 is 12.0 Å². The van der Waals surface area contributed by atoms with Gasteiger partial charge in [0.15, 0.2) is 17.6 Å². The Morgan fingerprint density at radius 3 is 2.50 bits per heavy atom. The van der Waals surface area contributed by atoms with Gasteiger partial charge in [0, 0.05) is 5.56 Å². The lowest BCUT2D eigenvalue weighted by Crippen LogP contribution is -2.54. The molecule has 9 nitrogen and oxygen atoms in total. The highest BCUT2D eigenvalue weighted by atomic mass is 35.5. The third kappa shape index (κ3) is 4.53. The Morgan fingerprint density at radius 1 is 1.16 bits per heavy atom. The van der Waals surface area contributed by atoms with Gasteiger partial charge in [0.05, 0.1) is 22.8 Å². The Balaban J connectivity index is 2.08. The second-order valence-corrected chi connectivity index (χ2v) is 7.35.